The lowest BCUT2D eigenvalue weighted by Crippen LogP contribution is -2.07. The zero-order chi connectivity index (χ0) is 40.0. The molecular weight excluding hydrogens is 717 g/mol. The smallest absolute Gasteiger partial charge is 0.164 e. The van der Waals surface area contributed by atoms with Gasteiger partial charge in [0.05, 0.1) is 11.6 Å². The van der Waals surface area contributed by atoms with Crippen LogP contribution < -0.4 is 0 Å². The first kappa shape index (κ1) is 36.9. The number of hydrogen-bond donors (Lipinski definition) is 0. The summed E-state index contributed by atoms with van der Waals surface area (Å²) >= 11 is 0. The van der Waals surface area contributed by atoms with E-state index in [1.54, 1.807) is 0 Å². The summed E-state index contributed by atoms with van der Waals surface area (Å²) in [5.74, 6) is 2.14. The largest absolute Gasteiger partial charge is 0.208 e. The number of nitrogens with zero attached hydrogens (tertiary/aromatic N) is 4. The molecule has 8 aromatic rings. The van der Waals surface area contributed by atoms with Crippen LogP contribution in [0.25, 0.3) is 67.6 Å². The molecule has 0 aliphatic heterocycles. The molecule has 0 amide bonds. The second kappa shape index (κ2) is 16.8. The predicted molar refractivity (Wildman–Crippen MR) is 242 cm³/mol. The van der Waals surface area contributed by atoms with Gasteiger partial charge < -0.3 is 0 Å². The molecule has 4 nitrogen and oxygen atoms in total. The van der Waals surface area contributed by atoms with Gasteiger partial charge in [-0.2, -0.15) is 5.26 Å². The highest BCUT2D eigenvalue weighted by Gasteiger charge is 2.23. The van der Waals surface area contributed by atoms with E-state index in [9.17, 15) is 5.26 Å². The molecule has 0 saturated heterocycles. The normalized spacial score (nSPS) is 13.9. The van der Waals surface area contributed by atoms with E-state index in [0.717, 1.165) is 56.5 Å². The molecule has 0 fully saturated rings. The number of aromatic nitrogens is 3. The van der Waals surface area contributed by atoms with Crippen molar-refractivity contribution >= 4 is 11.1 Å². The van der Waals surface area contributed by atoms with Crippen molar-refractivity contribution in [3.63, 3.8) is 0 Å². The molecule has 1 aliphatic rings. The van der Waals surface area contributed by atoms with Gasteiger partial charge in [0, 0.05) is 16.7 Å². The van der Waals surface area contributed by atoms with Crippen LogP contribution in [0.4, 0.5) is 0 Å². The van der Waals surface area contributed by atoms with Gasteiger partial charge in [0.1, 0.15) is 0 Å². The molecule has 4 heteroatoms. The monoisotopic (exact) mass is 756 g/mol. The molecule has 0 radical (unpaired) electrons. The Morgan fingerprint density at radius 1 is 0.458 bits per heavy atom. The lowest BCUT2D eigenvalue weighted by molar-refractivity contribution is 0.708. The number of nitriles is 1. The van der Waals surface area contributed by atoms with Crippen LogP contribution in [0.1, 0.15) is 35.6 Å². The molecule has 7 aromatic carbocycles. The number of allylic oxidation sites excluding steroid dienone is 5. The van der Waals surface area contributed by atoms with Crippen LogP contribution in [-0.4, -0.2) is 15.0 Å². The van der Waals surface area contributed by atoms with Crippen LogP contribution in [0.2, 0.25) is 0 Å². The molecule has 1 unspecified atom stereocenters. The van der Waals surface area contributed by atoms with Crippen LogP contribution >= 0.6 is 0 Å². The van der Waals surface area contributed by atoms with E-state index in [2.05, 4.69) is 134 Å². The van der Waals surface area contributed by atoms with E-state index in [0.29, 0.717) is 29.0 Å². The summed E-state index contributed by atoms with van der Waals surface area (Å²) in [6.07, 6.45) is 7.74. The van der Waals surface area contributed by atoms with E-state index in [1.165, 1.54) is 22.3 Å². The first-order valence-electron chi connectivity index (χ1n) is 20.0. The van der Waals surface area contributed by atoms with Crippen LogP contribution in [0.5, 0.6) is 0 Å². The number of rotatable bonds is 9. The van der Waals surface area contributed by atoms with E-state index in [-0.39, 0.29) is 0 Å². The molecule has 280 valence electrons. The molecule has 59 heavy (non-hydrogen) atoms. The molecule has 9 rings (SSSR count). The Bertz CT molecular complexity index is 2830. The summed E-state index contributed by atoms with van der Waals surface area (Å²) in [5.41, 5.74) is 14.6. The maximum absolute atomic E-state index is 9.60. The third kappa shape index (κ3) is 7.96. The van der Waals surface area contributed by atoms with Gasteiger partial charge in [-0.15, -0.1) is 0 Å². The van der Waals surface area contributed by atoms with Crippen molar-refractivity contribution in [1.82, 2.24) is 15.0 Å². The second-order valence-electron chi connectivity index (χ2n) is 14.8. The van der Waals surface area contributed by atoms with Crippen molar-refractivity contribution in [2.24, 2.45) is 5.92 Å². The number of benzene rings is 7. The third-order valence-electron chi connectivity index (χ3n) is 10.8. The van der Waals surface area contributed by atoms with Crippen molar-refractivity contribution in [1.29, 1.82) is 5.26 Å². The van der Waals surface area contributed by atoms with Gasteiger partial charge in [0.2, 0.25) is 0 Å². The lowest BCUT2D eigenvalue weighted by Gasteiger charge is -2.25. The summed E-state index contributed by atoms with van der Waals surface area (Å²) in [4.78, 5) is 15.2. The topological polar surface area (TPSA) is 62.5 Å². The van der Waals surface area contributed by atoms with Crippen LogP contribution in [0.3, 0.4) is 0 Å². The Labute approximate surface area is 345 Å². The zero-order valence-corrected chi connectivity index (χ0v) is 32.7. The molecule has 0 spiro atoms. The average Bonchev–Trinajstić information content (AvgIpc) is 3.32. The first-order chi connectivity index (χ1) is 29.1. The SMILES string of the molecule is CC1CC=CC=C1/C(=C(/c1ccccc1)c1cccc(-c2cc(-c3ccc(C#N)cc3)cc(-c3nc(-c4ccccc4)nc(-c4ccccc4)n3)c2)c1)c1ccccc1. The van der Waals surface area contributed by atoms with Crippen LogP contribution in [-0.2, 0) is 0 Å². The lowest BCUT2D eigenvalue weighted by atomic mass is 9.79. The molecule has 0 bridgehead atoms. The minimum absolute atomic E-state index is 0.352. The highest BCUT2D eigenvalue weighted by atomic mass is 15.0. The van der Waals surface area contributed by atoms with Gasteiger partial charge in [-0.05, 0) is 104 Å². The summed E-state index contributed by atoms with van der Waals surface area (Å²) < 4.78 is 0. The van der Waals surface area contributed by atoms with Crippen molar-refractivity contribution < 1.29 is 0 Å². The summed E-state index contributed by atoms with van der Waals surface area (Å²) in [6.45, 7) is 2.32. The summed E-state index contributed by atoms with van der Waals surface area (Å²) in [6, 6.07) is 67.1. The van der Waals surface area contributed by atoms with Crippen LogP contribution in [0.15, 0.2) is 212 Å². The van der Waals surface area contributed by atoms with E-state index in [1.807, 2.05) is 84.9 Å². The maximum Gasteiger partial charge on any atom is 0.164 e. The Morgan fingerprint density at radius 3 is 1.49 bits per heavy atom. The molecule has 1 aliphatic carbocycles. The Hall–Kier alpha value is -7.74. The van der Waals surface area contributed by atoms with Gasteiger partial charge in [-0.25, -0.2) is 15.0 Å². The Kier molecular flexibility index (Phi) is 10.5. The quantitative estimate of drug-likeness (QED) is 0.138. The van der Waals surface area contributed by atoms with Gasteiger partial charge >= 0.3 is 0 Å². The van der Waals surface area contributed by atoms with Gasteiger partial charge in [-0.1, -0.05) is 177 Å². The van der Waals surface area contributed by atoms with E-state index < -0.39 is 0 Å². The van der Waals surface area contributed by atoms with Crippen molar-refractivity contribution in [2.75, 3.05) is 0 Å². The molecule has 1 heterocycles. The average molecular weight is 757 g/mol. The molecular formula is C55H40N4. The van der Waals surface area contributed by atoms with E-state index in [4.69, 9.17) is 15.0 Å². The first-order valence-corrected chi connectivity index (χ1v) is 20.0. The maximum atomic E-state index is 9.60. The fourth-order valence-electron chi connectivity index (χ4n) is 7.81. The van der Waals surface area contributed by atoms with E-state index >= 15 is 0 Å². The standard InChI is InChI=1S/C55H40N4/c1-38-17-14-15-28-50(38)52(42-20-8-3-9-21-42)51(41-18-6-2-7-19-41)46-27-16-26-45(33-46)48-34-47(40-31-29-39(37-56)30-32-40)35-49(36-48)55-58-53(43-22-10-4-11-23-43)57-54(59-55)44-24-12-5-13-25-44/h2-16,18-36,38H,17H2,1H3/b52-51-. The fraction of sp³-hybridized carbons (Fsp3) is 0.0545. The summed E-state index contributed by atoms with van der Waals surface area (Å²) in [7, 11) is 0. The minimum atomic E-state index is 0.352. The molecule has 1 atom stereocenters. The second-order valence-corrected chi connectivity index (χ2v) is 14.8. The summed E-state index contributed by atoms with van der Waals surface area (Å²) in [5, 5.41) is 9.60. The highest BCUT2D eigenvalue weighted by Crippen LogP contribution is 2.42. The fourth-order valence-corrected chi connectivity index (χ4v) is 7.81. The van der Waals surface area contributed by atoms with Gasteiger partial charge in [-0.3, -0.25) is 0 Å². The molecule has 1 aromatic heterocycles. The molecule has 0 saturated carbocycles. The Balaban J connectivity index is 1.27. The zero-order valence-electron chi connectivity index (χ0n) is 32.7. The highest BCUT2D eigenvalue weighted by molar-refractivity contribution is 6.05. The van der Waals surface area contributed by atoms with Crippen molar-refractivity contribution in [3.05, 3.63) is 234 Å². The molecule has 0 N–H and O–H groups in total. The van der Waals surface area contributed by atoms with Crippen LogP contribution in [0, 0.1) is 17.2 Å². The number of hydrogen-bond acceptors (Lipinski definition) is 4. The van der Waals surface area contributed by atoms with Crippen molar-refractivity contribution in [2.45, 2.75) is 13.3 Å². The minimum Gasteiger partial charge on any atom is -0.208 e. The predicted octanol–water partition coefficient (Wildman–Crippen LogP) is 13.6. The van der Waals surface area contributed by atoms with Gasteiger partial charge in [0.25, 0.3) is 0 Å². The Morgan fingerprint density at radius 2 is 0.932 bits per heavy atom. The third-order valence-corrected chi connectivity index (χ3v) is 10.8. The van der Waals surface area contributed by atoms with Gasteiger partial charge in [0.15, 0.2) is 17.5 Å². The van der Waals surface area contributed by atoms with Crippen molar-refractivity contribution in [3.8, 4) is 62.5 Å².